The van der Waals surface area contributed by atoms with Crippen LogP contribution in [-0.4, -0.2) is 47.7 Å². The molecule has 4 rings (SSSR count). The van der Waals surface area contributed by atoms with E-state index in [1.54, 1.807) is 0 Å². The Kier molecular flexibility index (Phi) is 6.28. The number of aliphatic carboxylic acids is 1. The molecule has 2 N–H and O–H groups in total. The second kappa shape index (κ2) is 9.10. The quantitative estimate of drug-likeness (QED) is 0.745. The van der Waals surface area contributed by atoms with Gasteiger partial charge >= 0.3 is 12.0 Å². The number of fused-ring (bicyclic) bond motifs is 1. The zero-order valence-electron chi connectivity index (χ0n) is 18.3. The number of carboxylic acids is 1. The van der Waals surface area contributed by atoms with Crippen LogP contribution in [0.1, 0.15) is 48.6 Å². The largest absolute Gasteiger partial charge is 0.481 e. The zero-order valence-corrected chi connectivity index (χ0v) is 18.3. The molecular formula is C25H31N3O3. The Morgan fingerprint density at radius 2 is 1.81 bits per heavy atom. The Bertz CT molecular complexity index is 955. The fourth-order valence-electron chi connectivity index (χ4n) is 4.62. The fraction of sp³-hybridized carbons (Fsp3) is 0.440. The van der Waals surface area contributed by atoms with E-state index in [-0.39, 0.29) is 18.5 Å². The van der Waals surface area contributed by atoms with Crippen LogP contribution in [0, 0.1) is 0 Å². The summed E-state index contributed by atoms with van der Waals surface area (Å²) in [4.78, 5) is 27.9. The molecule has 1 unspecified atom stereocenters. The molecule has 0 saturated carbocycles. The summed E-state index contributed by atoms with van der Waals surface area (Å²) in [5.41, 5.74) is 5.70. The summed E-state index contributed by atoms with van der Waals surface area (Å²) in [7, 11) is 0. The van der Waals surface area contributed by atoms with Crippen molar-refractivity contribution in [3.63, 3.8) is 0 Å². The van der Waals surface area contributed by atoms with E-state index in [9.17, 15) is 9.59 Å². The van der Waals surface area contributed by atoms with Gasteiger partial charge in [0.05, 0.1) is 6.04 Å². The van der Waals surface area contributed by atoms with E-state index in [0.717, 1.165) is 42.7 Å². The number of anilines is 1. The molecule has 2 heterocycles. The number of aryl methyl sites for hydroxylation is 1. The standard InChI is InChI=1S/C25H31N3O3/c1-17(2)27-13-11-19-8-9-22(15-21(19)12-14-27)28-23(16-26-25(28)31)20-6-3-18(4-7-20)5-10-24(29)30/h3-4,6-9,15,17,23H,5,10-14,16H2,1-2H3,(H,26,31)(H,29,30). The molecule has 6 nitrogen and oxygen atoms in total. The number of carboxylic acid groups (broad SMARTS) is 1. The molecule has 0 aliphatic carbocycles. The number of rotatable bonds is 6. The third kappa shape index (κ3) is 4.74. The van der Waals surface area contributed by atoms with Crippen LogP contribution in [0.3, 0.4) is 0 Å². The van der Waals surface area contributed by atoms with E-state index in [1.807, 2.05) is 29.2 Å². The lowest BCUT2D eigenvalue weighted by Gasteiger charge is -2.25. The SMILES string of the molecule is CC(C)N1CCc2ccc(N3C(=O)NCC3c3ccc(CCC(=O)O)cc3)cc2CC1. The summed E-state index contributed by atoms with van der Waals surface area (Å²) in [6.07, 6.45) is 2.68. The number of carbonyl (C=O) groups excluding carboxylic acids is 1. The highest BCUT2D eigenvalue weighted by Crippen LogP contribution is 2.33. The van der Waals surface area contributed by atoms with Crippen molar-refractivity contribution in [2.45, 2.75) is 51.6 Å². The van der Waals surface area contributed by atoms with Crippen molar-refractivity contribution < 1.29 is 14.7 Å². The predicted molar refractivity (Wildman–Crippen MR) is 122 cm³/mol. The Morgan fingerprint density at radius 3 is 2.48 bits per heavy atom. The summed E-state index contributed by atoms with van der Waals surface area (Å²) in [5.74, 6) is -0.791. The van der Waals surface area contributed by atoms with Crippen LogP contribution < -0.4 is 10.2 Å². The van der Waals surface area contributed by atoms with Crippen molar-refractivity contribution in [1.29, 1.82) is 0 Å². The van der Waals surface area contributed by atoms with Crippen molar-refractivity contribution >= 4 is 17.7 Å². The number of nitrogens with one attached hydrogen (secondary N) is 1. The van der Waals surface area contributed by atoms with Gasteiger partial charge in [-0.2, -0.15) is 0 Å². The van der Waals surface area contributed by atoms with Gasteiger partial charge in [-0.15, -0.1) is 0 Å². The molecule has 1 fully saturated rings. The van der Waals surface area contributed by atoms with Gasteiger partial charge in [0.1, 0.15) is 0 Å². The number of hydrogen-bond acceptors (Lipinski definition) is 3. The number of nitrogens with zero attached hydrogens (tertiary/aromatic N) is 2. The highest BCUT2D eigenvalue weighted by Gasteiger charge is 2.33. The van der Waals surface area contributed by atoms with Gasteiger partial charge < -0.3 is 15.3 Å². The molecule has 31 heavy (non-hydrogen) atoms. The maximum atomic E-state index is 12.7. The highest BCUT2D eigenvalue weighted by atomic mass is 16.4. The van der Waals surface area contributed by atoms with Crippen molar-refractivity contribution in [3.05, 3.63) is 64.7 Å². The Balaban J connectivity index is 1.54. The van der Waals surface area contributed by atoms with E-state index < -0.39 is 5.97 Å². The van der Waals surface area contributed by atoms with Gasteiger partial charge in [-0.05, 0) is 67.5 Å². The van der Waals surface area contributed by atoms with Gasteiger partial charge in [0, 0.05) is 37.8 Å². The number of hydrogen-bond donors (Lipinski definition) is 2. The number of urea groups is 1. The van der Waals surface area contributed by atoms with Gasteiger partial charge in [0.15, 0.2) is 0 Å². The number of carbonyl (C=O) groups is 2. The first-order valence-corrected chi connectivity index (χ1v) is 11.2. The monoisotopic (exact) mass is 421 g/mol. The third-order valence-electron chi connectivity index (χ3n) is 6.50. The lowest BCUT2D eigenvalue weighted by Crippen LogP contribution is -2.33. The average molecular weight is 422 g/mol. The van der Waals surface area contributed by atoms with Crippen molar-refractivity contribution in [2.75, 3.05) is 24.5 Å². The van der Waals surface area contributed by atoms with Crippen molar-refractivity contribution in [2.24, 2.45) is 0 Å². The van der Waals surface area contributed by atoms with Gasteiger partial charge in [-0.3, -0.25) is 9.69 Å². The van der Waals surface area contributed by atoms with Crippen LogP contribution in [0.15, 0.2) is 42.5 Å². The predicted octanol–water partition coefficient (Wildman–Crippen LogP) is 3.78. The van der Waals surface area contributed by atoms with Crippen molar-refractivity contribution in [1.82, 2.24) is 10.2 Å². The van der Waals surface area contributed by atoms with Crippen molar-refractivity contribution in [3.8, 4) is 0 Å². The maximum Gasteiger partial charge on any atom is 0.322 e. The molecule has 2 aromatic rings. The molecule has 0 radical (unpaired) electrons. The van der Waals surface area contributed by atoms with Gasteiger partial charge in [-0.1, -0.05) is 30.3 Å². The molecule has 1 saturated heterocycles. The van der Waals surface area contributed by atoms with E-state index in [4.69, 9.17) is 5.11 Å². The number of benzene rings is 2. The molecule has 164 valence electrons. The van der Waals surface area contributed by atoms with E-state index in [2.05, 4.69) is 42.3 Å². The molecule has 6 heteroatoms. The maximum absolute atomic E-state index is 12.7. The lowest BCUT2D eigenvalue weighted by atomic mass is 9.99. The average Bonchev–Trinajstić information content (AvgIpc) is 3.00. The highest BCUT2D eigenvalue weighted by molar-refractivity contribution is 5.95. The second-order valence-electron chi connectivity index (χ2n) is 8.79. The molecular weight excluding hydrogens is 390 g/mol. The molecule has 2 aromatic carbocycles. The minimum absolute atomic E-state index is 0.0719. The molecule has 2 aliphatic heterocycles. The third-order valence-corrected chi connectivity index (χ3v) is 6.50. The number of amides is 2. The van der Waals surface area contributed by atoms with Crippen LogP contribution in [0.4, 0.5) is 10.5 Å². The minimum atomic E-state index is -0.791. The van der Waals surface area contributed by atoms with E-state index >= 15 is 0 Å². The van der Waals surface area contributed by atoms with Crippen LogP contribution in [0.2, 0.25) is 0 Å². The molecule has 2 amide bonds. The van der Waals surface area contributed by atoms with E-state index in [1.165, 1.54) is 11.1 Å². The first kappa shape index (κ1) is 21.4. The van der Waals surface area contributed by atoms with Gasteiger partial charge in [0.25, 0.3) is 0 Å². The topological polar surface area (TPSA) is 72.9 Å². The molecule has 0 aromatic heterocycles. The Labute approximate surface area is 183 Å². The fourth-order valence-corrected chi connectivity index (χ4v) is 4.62. The molecule has 0 spiro atoms. The van der Waals surface area contributed by atoms with Crippen LogP contribution in [-0.2, 0) is 24.1 Å². The van der Waals surface area contributed by atoms with Gasteiger partial charge in [0.2, 0.25) is 0 Å². The first-order chi connectivity index (χ1) is 14.9. The first-order valence-electron chi connectivity index (χ1n) is 11.2. The van der Waals surface area contributed by atoms with Crippen LogP contribution in [0.5, 0.6) is 0 Å². The molecule has 1 atom stereocenters. The van der Waals surface area contributed by atoms with Crippen LogP contribution in [0.25, 0.3) is 0 Å². The summed E-state index contributed by atoms with van der Waals surface area (Å²) in [6, 6.07) is 14.8. The summed E-state index contributed by atoms with van der Waals surface area (Å²) < 4.78 is 0. The zero-order chi connectivity index (χ0) is 22.0. The molecule has 2 aliphatic rings. The Morgan fingerprint density at radius 1 is 1.10 bits per heavy atom. The summed E-state index contributed by atoms with van der Waals surface area (Å²) in [5, 5.41) is 11.9. The smallest absolute Gasteiger partial charge is 0.322 e. The Hall–Kier alpha value is -2.86. The lowest BCUT2D eigenvalue weighted by molar-refractivity contribution is -0.136. The van der Waals surface area contributed by atoms with Crippen LogP contribution >= 0.6 is 0 Å². The van der Waals surface area contributed by atoms with E-state index in [0.29, 0.717) is 19.0 Å². The summed E-state index contributed by atoms with van der Waals surface area (Å²) >= 11 is 0. The van der Waals surface area contributed by atoms with Gasteiger partial charge in [-0.25, -0.2) is 4.79 Å². The normalized spacial score (nSPS) is 19.3. The second-order valence-corrected chi connectivity index (χ2v) is 8.79. The summed E-state index contributed by atoms with van der Waals surface area (Å²) in [6.45, 7) is 7.17. The molecule has 0 bridgehead atoms. The minimum Gasteiger partial charge on any atom is -0.481 e.